The van der Waals surface area contributed by atoms with Crippen LogP contribution in [-0.2, 0) is 30.9 Å². The second-order valence-electron chi connectivity index (χ2n) is 5.16. The predicted octanol–water partition coefficient (Wildman–Crippen LogP) is -1.01. The fourth-order valence-corrected chi connectivity index (χ4v) is 4.75. The number of amides is 1. The monoisotopic (exact) mass is 359 g/mol. The Balaban J connectivity index is 1.70. The lowest BCUT2D eigenvalue weighted by Crippen LogP contribution is -2.56. The van der Waals surface area contributed by atoms with Crippen molar-refractivity contribution >= 4 is 27.9 Å². The highest BCUT2D eigenvalue weighted by molar-refractivity contribution is 7.93. The molecule has 0 aliphatic carbocycles. The first-order valence-corrected chi connectivity index (χ1v) is 8.39. The van der Waals surface area contributed by atoms with Gasteiger partial charge in [0.25, 0.3) is 5.88 Å². The average molecular weight is 359 g/mol. The Hall–Kier alpha value is -2.63. The quantitative estimate of drug-likeness (QED) is 0.383. The standard InChI is InChI=1S/C12H13N3O8S/c1-21-8-2-6(23-14-8)5-22-13-4-7-11(12(17)18)15-9(16)3-10(15)24(7,19)20/h2,4,7,10-11H,3,5H2,1H3,(H,17,18)/b13-4-/t7-,10?,11+/m0/s1. The van der Waals surface area contributed by atoms with Gasteiger partial charge in [-0.2, -0.15) is 0 Å². The van der Waals surface area contributed by atoms with Crippen molar-refractivity contribution in [2.24, 2.45) is 5.16 Å². The van der Waals surface area contributed by atoms with E-state index in [2.05, 4.69) is 10.3 Å². The predicted molar refractivity (Wildman–Crippen MR) is 75.7 cm³/mol. The molecule has 0 spiro atoms. The number of aliphatic carboxylic acids is 1. The third kappa shape index (κ3) is 2.48. The van der Waals surface area contributed by atoms with Crippen LogP contribution in [0, 0.1) is 0 Å². The number of carbonyl (C=O) groups is 2. The molecule has 1 unspecified atom stereocenters. The molecule has 1 aromatic heterocycles. The van der Waals surface area contributed by atoms with Gasteiger partial charge < -0.3 is 24.1 Å². The van der Waals surface area contributed by atoms with Crippen molar-refractivity contribution in [3.8, 4) is 5.88 Å². The third-order valence-electron chi connectivity index (χ3n) is 3.81. The maximum absolute atomic E-state index is 12.3. The van der Waals surface area contributed by atoms with E-state index in [1.807, 2.05) is 0 Å². The van der Waals surface area contributed by atoms with Crippen LogP contribution in [0.1, 0.15) is 12.2 Å². The maximum atomic E-state index is 12.3. The van der Waals surface area contributed by atoms with Crippen molar-refractivity contribution < 1.29 is 37.2 Å². The number of rotatable bonds is 6. The molecule has 11 nitrogen and oxygen atoms in total. The van der Waals surface area contributed by atoms with Crippen LogP contribution in [-0.4, -0.2) is 65.4 Å². The Kier molecular flexibility index (Phi) is 3.91. The number of hydrogen-bond acceptors (Lipinski definition) is 9. The molecule has 0 radical (unpaired) electrons. The van der Waals surface area contributed by atoms with E-state index in [9.17, 15) is 23.1 Å². The van der Waals surface area contributed by atoms with Gasteiger partial charge in [0.1, 0.15) is 10.6 Å². The number of oxime groups is 1. The van der Waals surface area contributed by atoms with E-state index in [1.165, 1.54) is 13.2 Å². The minimum absolute atomic E-state index is 0.149. The van der Waals surface area contributed by atoms with Gasteiger partial charge in [0.15, 0.2) is 28.2 Å². The highest BCUT2D eigenvalue weighted by atomic mass is 32.2. The molecule has 2 fully saturated rings. The van der Waals surface area contributed by atoms with E-state index in [1.54, 1.807) is 0 Å². The Labute approximate surface area is 135 Å². The molecule has 24 heavy (non-hydrogen) atoms. The van der Waals surface area contributed by atoms with Crippen LogP contribution in [0.3, 0.4) is 0 Å². The number of hydrogen-bond donors (Lipinski definition) is 1. The van der Waals surface area contributed by atoms with Gasteiger partial charge in [-0.3, -0.25) is 4.79 Å². The molecule has 12 heteroatoms. The molecule has 0 aromatic carbocycles. The van der Waals surface area contributed by atoms with E-state index >= 15 is 0 Å². The lowest BCUT2D eigenvalue weighted by molar-refractivity contribution is -0.155. The SMILES string of the molecule is COc1cc(CO/N=C\[C@H]2[C@H](C(=O)O)N3C(=O)CC3S2(=O)=O)on1. The molecule has 3 heterocycles. The lowest BCUT2D eigenvalue weighted by Gasteiger charge is -2.34. The van der Waals surface area contributed by atoms with Gasteiger partial charge >= 0.3 is 5.97 Å². The largest absolute Gasteiger partial charge is 0.480 e. The minimum atomic E-state index is -3.86. The summed E-state index contributed by atoms with van der Waals surface area (Å²) in [5.74, 6) is -1.40. The van der Waals surface area contributed by atoms with E-state index in [0.717, 1.165) is 11.1 Å². The third-order valence-corrected chi connectivity index (χ3v) is 6.10. The van der Waals surface area contributed by atoms with Crippen LogP contribution in [0.25, 0.3) is 0 Å². The summed E-state index contributed by atoms with van der Waals surface area (Å²) in [4.78, 5) is 28.6. The first-order chi connectivity index (χ1) is 11.4. The first-order valence-electron chi connectivity index (χ1n) is 6.78. The zero-order valence-corrected chi connectivity index (χ0v) is 13.2. The van der Waals surface area contributed by atoms with Gasteiger partial charge in [0.05, 0.1) is 19.7 Å². The van der Waals surface area contributed by atoms with Crippen molar-refractivity contribution in [3.63, 3.8) is 0 Å². The summed E-state index contributed by atoms with van der Waals surface area (Å²) in [5, 5.41) is 13.7. The normalized spacial score (nSPS) is 27.8. The average Bonchev–Trinajstić information content (AvgIpc) is 3.04. The zero-order chi connectivity index (χ0) is 17.5. The lowest BCUT2D eigenvalue weighted by atomic mass is 10.1. The Morgan fingerprint density at radius 1 is 1.62 bits per heavy atom. The number of ether oxygens (including phenoxy) is 1. The van der Waals surface area contributed by atoms with Crippen LogP contribution in [0.15, 0.2) is 15.7 Å². The van der Waals surface area contributed by atoms with Crippen molar-refractivity contribution in [1.29, 1.82) is 0 Å². The molecular weight excluding hydrogens is 346 g/mol. The molecule has 0 bridgehead atoms. The van der Waals surface area contributed by atoms with Gasteiger partial charge in [-0.05, 0) is 5.16 Å². The number of aromatic nitrogens is 1. The Bertz CT molecular complexity index is 801. The van der Waals surface area contributed by atoms with Gasteiger partial charge in [0.2, 0.25) is 5.91 Å². The van der Waals surface area contributed by atoms with E-state index < -0.39 is 38.4 Å². The Morgan fingerprint density at radius 3 is 2.96 bits per heavy atom. The molecule has 2 aliphatic heterocycles. The van der Waals surface area contributed by atoms with Gasteiger partial charge in [-0.1, -0.05) is 5.16 Å². The molecule has 1 amide bonds. The first kappa shape index (κ1) is 16.2. The van der Waals surface area contributed by atoms with E-state index in [4.69, 9.17) is 14.1 Å². The number of carbonyl (C=O) groups excluding carboxylic acids is 1. The van der Waals surface area contributed by atoms with Gasteiger partial charge in [-0.15, -0.1) is 0 Å². The molecule has 0 saturated carbocycles. The summed E-state index contributed by atoms with van der Waals surface area (Å²) in [6.45, 7) is -0.149. The maximum Gasteiger partial charge on any atom is 0.328 e. The number of fused-ring (bicyclic) bond motifs is 1. The summed E-state index contributed by atoms with van der Waals surface area (Å²) in [7, 11) is -2.46. The smallest absolute Gasteiger partial charge is 0.328 e. The van der Waals surface area contributed by atoms with Crippen LogP contribution >= 0.6 is 0 Å². The fraction of sp³-hybridized carbons (Fsp3) is 0.500. The van der Waals surface area contributed by atoms with Crippen molar-refractivity contribution in [1.82, 2.24) is 10.1 Å². The highest BCUT2D eigenvalue weighted by Crippen LogP contribution is 2.38. The molecule has 130 valence electrons. The summed E-state index contributed by atoms with van der Waals surface area (Å²) >= 11 is 0. The summed E-state index contributed by atoms with van der Waals surface area (Å²) in [6.07, 6.45) is 0.669. The number of β-lactam (4-membered cyclic amide) rings is 1. The van der Waals surface area contributed by atoms with Crippen LogP contribution in [0.5, 0.6) is 5.88 Å². The molecular formula is C12H13N3O8S. The minimum Gasteiger partial charge on any atom is -0.480 e. The second-order valence-corrected chi connectivity index (χ2v) is 7.43. The highest BCUT2D eigenvalue weighted by Gasteiger charge is 2.63. The van der Waals surface area contributed by atoms with Gasteiger partial charge in [-0.25, -0.2) is 13.2 Å². The number of sulfone groups is 1. The fourth-order valence-electron chi connectivity index (χ4n) is 2.62. The number of methoxy groups -OCH3 is 1. The molecule has 3 atom stereocenters. The molecule has 1 aromatic rings. The zero-order valence-electron chi connectivity index (χ0n) is 12.4. The van der Waals surface area contributed by atoms with E-state index in [-0.39, 0.29) is 24.7 Å². The number of carboxylic acid groups (broad SMARTS) is 1. The number of nitrogens with zero attached hydrogens (tertiary/aromatic N) is 3. The van der Waals surface area contributed by atoms with Crippen LogP contribution < -0.4 is 4.74 Å². The number of carboxylic acids is 1. The van der Waals surface area contributed by atoms with Crippen molar-refractivity contribution in [2.75, 3.05) is 7.11 Å². The Morgan fingerprint density at radius 2 is 2.38 bits per heavy atom. The molecule has 1 N–H and O–H groups in total. The van der Waals surface area contributed by atoms with Crippen LogP contribution in [0.4, 0.5) is 0 Å². The summed E-state index contributed by atoms with van der Waals surface area (Å²) in [5.41, 5.74) is 0. The van der Waals surface area contributed by atoms with E-state index in [0.29, 0.717) is 0 Å². The summed E-state index contributed by atoms with van der Waals surface area (Å²) < 4.78 is 34.2. The molecule has 2 aliphatic rings. The molecule has 2 saturated heterocycles. The topological polar surface area (TPSA) is 149 Å². The second kappa shape index (κ2) is 5.78. The van der Waals surface area contributed by atoms with Crippen molar-refractivity contribution in [2.45, 2.75) is 29.7 Å². The van der Waals surface area contributed by atoms with Gasteiger partial charge in [0, 0.05) is 6.07 Å². The molecule has 3 rings (SSSR count). The van der Waals surface area contributed by atoms with Crippen LogP contribution in [0.2, 0.25) is 0 Å². The van der Waals surface area contributed by atoms with Crippen molar-refractivity contribution in [3.05, 3.63) is 11.8 Å². The summed E-state index contributed by atoms with van der Waals surface area (Å²) in [6, 6.07) is -0.0501.